The number of fused-ring (bicyclic) bond motifs is 3. The van der Waals surface area contributed by atoms with Gasteiger partial charge in [-0.2, -0.15) is 0 Å². The van der Waals surface area contributed by atoms with E-state index in [9.17, 15) is 4.79 Å². The molecule has 1 N–H and O–H groups in total. The van der Waals surface area contributed by atoms with Crippen LogP contribution in [0.1, 0.15) is 36.8 Å². The molecule has 18 heavy (non-hydrogen) atoms. The lowest BCUT2D eigenvalue weighted by Crippen LogP contribution is -2.22. The lowest BCUT2D eigenvalue weighted by molar-refractivity contribution is -0.118. The van der Waals surface area contributed by atoms with E-state index in [1.165, 1.54) is 17.5 Å². The predicted molar refractivity (Wildman–Crippen MR) is 68.4 cm³/mol. The largest absolute Gasteiger partial charge is 0.443 e. The Morgan fingerprint density at radius 1 is 1.56 bits per heavy atom. The molecule has 1 aromatic carbocycles. The molecule has 1 unspecified atom stereocenters. The Morgan fingerprint density at radius 3 is 3.28 bits per heavy atom. The van der Waals surface area contributed by atoms with Crippen molar-refractivity contribution in [3.05, 3.63) is 29.7 Å². The molecule has 4 heteroatoms. The van der Waals surface area contributed by atoms with Gasteiger partial charge in [0.15, 0.2) is 12.0 Å². The minimum absolute atomic E-state index is 0.0351. The van der Waals surface area contributed by atoms with Crippen molar-refractivity contribution >= 4 is 17.0 Å². The Balaban J connectivity index is 1.85. The number of aromatic nitrogens is 1. The summed E-state index contributed by atoms with van der Waals surface area (Å²) >= 11 is 0. The molecule has 0 spiro atoms. The minimum Gasteiger partial charge on any atom is -0.443 e. The highest BCUT2D eigenvalue weighted by atomic mass is 16.3. The second-order valence-electron chi connectivity index (χ2n) is 4.84. The van der Waals surface area contributed by atoms with Gasteiger partial charge < -0.3 is 9.73 Å². The van der Waals surface area contributed by atoms with E-state index in [4.69, 9.17) is 4.42 Å². The van der Waals surface area contributed by atoms with Crippen LogP contribution in [0.3, 0.4) is 0 Å². The van der Waals surface area contributed by atoms with Gasteiger partial charge >= 0.3 is 0 Å². The van der Waals surface area contributed by atoms with E-state index in [2.05, 4.69) is 16.4 Å². The van der Waals surface area contributed by atoms with Crippen LogP contribution in [0.15, 0.2) is 22.9 Å². The number of hydrogen-bond donors (Lipinski definition) is 1. The number of carbonyl (C=O) groups excluding carboxylic acids is 1. The number of nitrogens with one attached hydrogen (secondary N) is 1. The molecule has 0 radical (unpaired) electrons. The number of aryl methyl sites for hydroxylation is 1. The van der Waals surface area contributed by atoms with Gasteiger partial charge in [-0.25, -0.2) is 4.98 Å². The molecule has 1 aliphatic rings. The van der Waals surface area contributed by atoms with Crippen molar-refractivity contribution in [3.63, 3.8) is 0 Å². The zero-order valence-corrected chi connectivity index (χ0v) is 10.4. The monoisotopic (exact) mass is 244 g/mol. The fourth-order valence-electron chi connectivity index (χ4n) is 2.85. The summed E-state index contributed by atoms with van der Waals surface area (Å²) in [6, 6.07) is 4.14. The minimum atomic E-state index is 0.0351. The fraction of sp³-hybridized carbons (Fsp3) is 0.429. The molecule has 94 valence electrons. The summed E-state index contributed by atoms with van der Waals surface area (Å²) < 4.78 is 5.35. The quantitative estimate of drug-likeness (QED) is 0.901. The number of rotatable bonds is 3. The van der Waals surface area contributed by atoms with Crippen molar-refractivity contribution in [1.29, 1.82) is 0 Å². The highest BCUT2D eigenvalue weighted by Gasteiger charge is 2.25. The van der Waals surface area contributed by atoms with E-state index < -0.39 is 0 Å². The molecule has 1 aromatic heterocycles. The zero-order valence-electron chi connectivity index (χ0n) is 10.4. The number of carbonyl (C=O) groups is 1. The first-order valence-corrected chi connectivity index (χ1v) is 6.35. The molecule has 2 aromatic rings. The normalized spacial score (nSPS) is 17.9. The fourth-order valence-corrected chi connectivity index (χ4v) is 2.85. The molecule has 0 saturated heterocycles. The van der Waals surface area contributed by atoms with Gasteiger partial charge in [0, 0.05) is 13.5 Å². The Labute approximate surface area is 105 Å². The lowest BCUT2D eigenvalue weighted by Gasteiger charge is -2.11. The second-order valence-corrected chi connectivity index (χ2v) is 4.84. The van der Waals surface area contributed by atoms with Gasteiger partial charge in [0.1, 0.15) is 5.52 Å². The molecule has 0 saturated carbocycles. The van der Waals surface area contributed by atoms with Crippen molar-refractivity contribution in [2.45, 2.75) is 32.1 Å². The van der Waals surface area contributed by atoms with E-state index >= 15 is 0 Å². The van der Waals surface area contributed by atoms with Crippen molar-refractivity contribution in [1.82, 2.24) is 10.3 Å². The first kappa shape index (κ1) is 11.3. The highest BCUT2D eigenvalue weighted by molar-refractivity contribution is 5.79. The number of hydrogen-bond acceptors (Lipinski definition) is 3. The summed E-state index contributed by atoms with van der Waals surface area (Å²) in [5.41, 5.74) is 4.56. The Bertz CT molecular complexity index is 588. The summed E-state index contributed by atoms with van der Waals surface area (Å²) in [4.78, 5) is 15.2. The first-order chi connectivity index (χ1) is 8.75. The maximum atomic E-state index is 10.9. The van der Waals surface area contributed by atoms with Crippen molar-refractivity contribution < 1.29 is 9.21 Å². The standard InChI is InChI=1S/C14H16N2O2/c1-9(17)15-7-6-11-3-2-10-4-5-12-14(13(10)11)16-8-18-12/h4-5,8,11H,2-3,6-7H2,1H3,(H,15,17). The molecule has 0 aliphatic heterocycles. The van der Waals surface area contributed by atoms with Crippen LogP contribution in [-0.4, -0.2) is 17.4 Å². The number of benzene rings is 1. The number of oxazole rings is 1. The summed E-state index contributed by atoms with van der Waals surface area (Å²) in [6.07, 6.45) is 4.72. The first-order valence-electron chi connectivity index (χ1n) is 6.35. The SMILES string of the molecule is CC(=O)NCCC1CCc2ccc3ocnc3c21. The van der Waals surface area contributed by atoms with Gasteiger partial charge in [0.05, 0.1) is 0 Å². The van der Waals surface area contributed by atoms with E-state index in [1.54, 1.807) is 6.92 Å². The van der Waals surface area contributed by atoms with E-state index in [0.717, 1.165) is 36.9 Å². The molecule has 1 amide bonds. The summed E-state index contributed by atoms with van der Waals surface area (Å²) in [6.45, 7) is 2.28. The third-order valence-electron chi connectivity index (χ3n) is 3.67. The van der Waals surface area contributed by atoms with Crippen LogP contribution in [0.5, 0.6) is 0 Å². The number of amides is 1. The van der Waals surface area contributed by atoms with Crippen LogP contribution in [0.4, 0.5) is 0 Å². The zero-order chi connectivity index (χ0) is 12.5. The van der Waals surface area contributed by atoms with Gasteiger partial charge in [0.2, 0.25) is 5.91 Å². The van der Waals surface area contributed by atoms with Gasteiger partial charge in [0.25, 0.3) is 0 Å². The molecular formula is C14H16N2O2. The van der Waals surface area contributed by atoms with Crippen LogP contribution in [0, 0.1) is 0 Å². The third kappa shape index (κ3) is 1.88. The van der Waals surface area contributed by atoms with E-state index in [1.807, 2.05) is 6.07 Å². The summed E-state index contributed by atoms with van der Waals surface area (Å²) in [5, 5.41) is 2.86. The molecule has 1 atom stereocenters. The molecule has 4 nitrogen and oxygen atoms in total. The molecule has 1 aliphatic carbocycles. The highest BCUT2D eigenvalue weighted by Crippen LogP contribution is 2.39. The molecule has 0 fully saturated rings. The van der Waals surface area contributed by atoms with Gasteiger partial charge in [-0.3, -0.25) is 4.79 Å². The third-order valence-corrected chi connectivity index (χ3v) is 3.67. The second kappa shape index (κ2) is 4.44. The Kier molecular flexibility index (Phi) is 2.78. The smallest absolute Gasteiger partial charge is 0.216 e. The van der Waals surface area contributed by atoms with Crippen LogP contribution >= 0.6 is 0 Å². The van der Waals surface area contributed by atoms with Crippen LogP contribution < -0.4 is 5.32 Å². The Morgan fingerprint density at radius 2 is 2.44 bits per heavy atom. The van der Waals surface area contributed by atoms with E-state index in [0.29, 0.717) is 5.92 Å². The summed E-state index contributed by atoms with van der Waals surface area (Å²) in [5.74, 6) is 0.522. The predicted octanol–water partition coefficient (Wildman–Crippen LogP) is 2.38. The molecular weight excluding hydrogens is 228 g/mol. The molecule has 1 heterocycles. The Hall–Kier alpha value is -1.84. The summed E-state index contributed by atoms with van der Waals surface area (Å²) in [7, 11) is 0. The van der Waals surface area contributed by atoms with Crippen LogP contribution in [-0.2, 0) is 11.2 Å². The average Bonchev–Trinajstić information content (AvgIpc) is 2.93. The lowest BCUT2D eigenvalue weighted by atomic mass is 9.96. The topological polar surface area (TPSA) is 55.1 Å². The maximum absolute atomic E-state index is 10.9. The number of nitrogens with zero attached hydrogens (tertiary/aromatic N) is 1. The van der Waals surface area contributed by atoms with Crippen LogP contribution in [0.2, 0.25) is 0 Å². The van der Waals surface area contributed by atoms with Gasteiger partial charge in [-0.15, -0.1) is 0 Å². The van der Waals surface area contributed by atoms with Gasteiger partial charge in [-0.1, -0.05) is 6.07 Å². The van der Waals surface area contributed by atoms with Crippen molar-refractivity contribution in [2.24, 2.45) is 0 Å². The molecule has 3 rings (SSSR count). The van der Waals surface area contributed by atoms with Crippen molar-refractivity contribution in [2.75, 3.05) is 6.54 Å². The maximum Gasteiger partial charge on any atom is 0.216 e. The molecule has 0 bridgehead atoms. The van der Waals surface area contributed by atoms with Gasteiger partial charge in [-0.05, 0) is 42.4 Å². The van der Waals surface area contributed by atoms with Crippen molar-refractivity contribution in [3.8, 4) is 0 Å². The van der Waals surface area contributed by atoms with Crippen LogP contribution in [0.25, 0.3) is 11.1 Å². The average molecular weight is 244 g/mol. The van der Waals surface area contributed by atoms with E-state index in [-0.39, 0.29) is 5.91 Å².